The van der Waals surface area contributed by atoms with E-state index in [1.807, 2.05) is 44.2 Å². The third kappa shape index (κ3) is 6.55. The molecule has 2 atom stereocenters. The van der Waals surface area contributed by atoms with Crippen molar-refractivity contribution in [3.8, 4) is 0 Å². The van der Waals surface area contributed by atoms with Gasteiger partial charge in [0, 0.05) is 12.5 Å². The monoisotopic (exact) mass is 478 g/mol. The summed E-state index contributed by atoms with van der Waals surface area (Å²) in [5.74, 6) is -0.0276. The molecule has 2 N–H and O–H groups in total. The van der Waals surface area contributed by atoms with Gasteiger partial charge in [-0.1, -0.05) is 54.6 Å². The molecule has 0 aliphatic rings. The number of nitrogens with one attached hydrogen (secondary N) is 2. The lowest BCUT2D eigenvalue weighted by Gasteiger charge is -2.18. The molecule has 3 aromatic rings. The Labute approximate surface area is 203 Å². The lowest BCUT2D eigenvalue weighted by atomic mass is 9.96. The number of sulfonamides is 1. The van der Waals surface area contributed by atoms with E-state index in [0.29, 0.717) is 12.8 Å². The van der Waals surface area contributed by atoms with E-state index in [0.717, 1.165) is 16.7 Å². The SMILES string of the molecule is Cc1cc(C)c([C@H](C)NC(=O)CCc2ccc(S(=O)(=O)N[C@H](C)c3ccccc3)cc2)cc1C. The van der Waals surface area contributed by atoms with E-state index < -0.39 is 10.0 Å². The van der Waals surface area contributed by atoms with Crippen LogP contribution in [0.25, 0.3) is 0 Å². The lowest BCUT2D eigenvalue weighted by molar-refractivity contribution is -0.121. The van der Waals surface area contributed by atoms with Gasteiger partial charge in [0.05, 0.1) is 10.9 Å². The Morgan fingerprint density at radius 2 is 1.44 bits per heavy atom. The molecule has 0 spiro atoms. The highest BCUT2D eigenvalue weighted by Crippen LogP contribution is 2.22. The van der Waals surface area contributed by atoms with Crippen LogP contribution in [0.15, 0.2) is 71.6 Å². The summed E-state index contributed by atoms with van der Waals surface area (Å²) in [5, 5.41) is 3.08. The van der Waals surface area contributed by atoms with Gasteiger partial charge < -0.3 is 5.32 Å². The molecule has 0 heterocycles. The van der Waals surface area contributed by atoms with E-state index in [1.165, 1.54) is 16.7 Å². The zero-order valence-electron chi connectivity index (χ0n) is 20.6. The van der Waals surface area contributed by atoms with Crippen molar-refractivity contribution in [1.29, 1.82) is 0 Å². The number of carbonyl (C=O) groups is 1. The van der Waals surface area contributed by atoms with Crippen LogP contribution in [0, 0.1) is 20.8 Å². The molecule has 0 fully saturated rings. The van der Waals surface area contributed by atoms with Crippen molar-refractivity contribution in [2.24, 2.45) is 0 Å². The molecular weight excluding hydrogens is 444 g/mol. The average molecular weight is 479 g/mol. The highest BCUT2D eigenvalue weighted by Gasteiger charge is 2.18. The Kier molecular flexibility index (Phi) is 8.28. The zero-order valence-corrected chi connectivity index (χ0v) is 21.4. The van der Waals surface area contributed by atoms with Gasteiger partial charge in [-0.15, -0.1) is 0 Å². The van der Waals surface area contributed by atoms with Gasteiger partial charge in [0.15, 0.2) is 0 Å². The van der Waals surface area contributed by atoms with Gasteiger partial charge in [0.1, 0.15) is 0 Å². The molecule has 0 aromatic heterocycles. The molecule has 3 aromatic carbocycles. The molecule has 6 heteroatoms. The van der Waals surface area contributed by atoms with Crippen molar-refractivity contribution >= 4 is 15.9 Å². The first-order valence-electron chi connectivity index (χ1n) is 11.6. The van der Waals surface area contributed by atoms with E-state index in [1.54, 1.807) is 24.3 Å². The minimum absolute atomic E-state index is 0.0276. The van der Waals surface area contributed by atoms with Crippen LogP contribution in [-0.2, 0) is 21.2 Å². The van der Waals surface area contributed by atoms with E-state index in [9.17, 15) is 13.2 Å². The van der Waals surface area contributed by atoms with Gasteiger partial charge in [-0.05, 0) is 86.6 Å². The van der Waals surface area contributed by atoms with Gasteiger partial charge in [-0.2, -0.15) is 0 Å². The lowest BCUT2D eigenvalue weighted by Crippen LogP contribution is -2.27. The van der Waals surface area contributed by atoms with Gasteiger partial charge in [-0.3, -0.25) is 4.79 Å². The molecule has 3 rings (SSSR count). The summed E-state index contributed by atoms with van der Waals surface area (Å²) in [6, 6.07) is 20.1. The van der Waals surface area contributed by atoms with Gasteiger partial charge in [-0.25, -0.2) is 13.1 Å². The molecule has 0 bridgehead atoms. The maximum Gasteiger partial charge on any atom is 0.241 e. The Morgan fingerprint density at radius 1 is 0.824 bits per heavy atom. The maximum atomic E-state index is 12.7. The third-order valence-electron chi connectivity index (χ3n) is 6.23. The van der Waals surface area contributed by atoms with Crippen molar-refractivity contribution in [3.05, 3.63) is 100 Å². The van der Waals surface area contributed by atoms with Crippen LogP contribution in [0.4, 0.5) is 0 Å². The van der Waals surface area contributed by atoms with Gasteiger partial charge in [0.25, 0.3) is 0 Å². The number of aryl methyl sites for hydroxylation is 4. The van der Waals surface area contributed by atoms with Crippen molar-refractivity contribution in [2.45, 2.75) is 64.4 Å². The molecule has 1 amide bonds. The van der Waals surface area contributed by atoms with Crippen molar-refractivity contribution in [2.75, 3.05) is 0 Å². The summed E-state index contributed by atoms with van der Waals surface area (Å²) >= 11 is 0. The fourth-order valence-corrected chi connectivity index (χ4v) is 5.28. The standard InChI is InChI=1S/C28H34N2O3S/c1-19-17-21(3)27(18-20(19)2)23(5)29-28(31)16-13-24-11-14-26(15-12-24)34(32,33)30-22(4)25-9-7-6-8-10-25/h6-12,14-15,17-18,22-23,30H,13,16H2,1-5H3,(H,29,31)/t22-,23+/m1/s1. The quantitative estimate of drug-likeness (QED) is 0.429. The van der Waals surface area contributed by atoms with E-state index in [-0.39, 0.29) is 22.9 Å². The topological polar surface area (TPSA) is 75.3 Å². The first-order valence-corrected chi connectivity index (χ1v) is 13.1. The predicted octanol–water partition coefficient (Wildman–Crippen LogP) is 5.46. The molecule has 34 heavy (non-hydrogen) atoms. The molecular formula is C28H34N2O3S. The van der Waals surface area contributed by atoms with Crippen molar-refractivity contribution < 1.29 is 13.2 Å². The fourth-order valence-electron chi connectivity index (χ4n) is 4.04. The number of amides is 1. The predicted molar refractivity (Wildman–Crippen MR) is 137 cm³/mol. The highest BCUT2D eigenvalue weighted by atomic mass is 32.2. The normalized spacial score (nSPS) is 13.3. The number of benzene rings is 3. The second-order valence-electron chi connectivity index (χ2n) is 8.98. The van der Waals surface area contributed by atoms with E-state index >= 15 is 0 Å². The molecule has 0 saturated carbocycles. The molecule has 0 saturated heterocycles. The second-order valence-corrected chi connectivity index (χ2v) is 10.7. The summed E-state index contributed by atoms with van der Waals surface area (Å²) in [6.45, 7) is 10.0. The summed E-state index contributed by atoms with van der Waals surface area (Å²) in [7, 11) is -3.64. The molecule has 180 valence electrons. The number of hydrogen-bond acceptors (Lipinski definition) is 3. The van der Waals surface area contributed by atoms with Crippen LogP contribution < -0.4 is 10.0 Å². The highest BCUT2D eigenvalue weighted by molar-refractivity contribution is 7.89. The van der Waals surface area contributed by atoms with Crippen LogP contribution in [0.2, 0.25) is 0 Å². The van der Waals surface area contributed by atoms with Crippen LogP contribution >= 0.6 is 0 Å². The van der Waals surface area contributed by atoms with Crippen LogP contribution in [0.1, 0.15) is 65.7 Å². The molecule has 5 nitrogen and oxygen atoms in total. The Hall–Kier alpha value is -2.96. The zero-order chi connectivity index (χ0) is 24.9. The molecule has 0 unspecified atom stereocenters. The first kappa shape index (κ1) is 25.7. The molecule has 0 aliphatic carbocycles. The Balaban J connectivity index is 1.56. The summed E-state index contributed by atoms with van der Waals surface area (Å²) in [6.07, 6.45) is 0.877. The van der Waals surface area contributed by atoms with Crippen LogP contribution in [0.3, 0.4) is 0 Å². The van der Waals surface area contributed by atoms with Gasteiger partial charge >= 0.3 is 0 Å². The molecule has 0 aliphatic heterocycles. The number of rotatable bonds is 9. The average Bonchev–Trinajstić information content (AvgIpc) is 2.80. The van der Waals surface area contributed by atoms with Crippen molar-refractivity contribution in [1.82, 2.24) is 10.0 Å². The Bertz CT molecular complexity index is 1240. The minimum Gasteiger partial charge on any atom is -0.350 e. The smallest absolute Gasteiger partial charge is 0.241 e. The minimum atomic E-state index is -3.64. The van der Waals surface area contributed by atoms with Crippen molar-refractivity contribution in [3.63, 3.8) is 0 Å². The Morgan fingerprint density at radius 3 is 2.09 bits per heavy atom. The summed E-state index contributed by atoms with van der Waals surface area (Å²) in [4.78, 5) is 12.7. The maximum absolute atomic E-state index is 12.7. The fraction of sp³-hybridized carbons (Fsp3) is 0.321. The van der Waals surface area contributed by atoms with E-state index in [4.69, 9.17) is 0 Å². The largest absolute Gasteiger partial charge is 0.350 e. The third-order valence-corrected chi connectivity index (χ3v) is 7.79. The first-order chi connectivity index (χ1) is 16.1. The number of hydrogen-bond donors (Lipinski definition) is 2. The second kappa shape index (κ2) is 11.0. The van der Waals surface area contributed by atoms with Gasteiger partial charge in [0.2, 0.25) is 15.9 Å². The molecule has 0 radical (unpaired) electrons. The van der Waals surface area contributed by atoms with Crippen LogP contribution in [-0.4, -0.2) is 14.3 Å². The summed E-state index contributed by atoms with van der Waals surface area (Å²) in [5.41, 5.74) is 6.57. The van der Waals surface area contributed by atoms with Crippen LogP contribution in [0.5, 0.6) is 0 Å². The summed E-state index contributed by atoms with van der Waals surface area (Å²) < 4.78 is 28.2. The number of carbonyl (C=O) groups excluding carboxylic acids is 1. The van der Waals surface area contributed by atoms with E-state index in [2.05, 4.69) is 42.9 Å².